The van der Waals surface area contributed by atoms with E-state index in [9.17, 15) is 4.39 Å². The van der Waals surface area contributed by atoms with E-state index in [0.29, 0.717) is 0 Å². The molecule has 0 fully saturated rings. The van der Waals surface area contributed by atoms with Gasteiger partial charge >= 0.3 is 0 Å². The number of hydrogen-bond donors (Lipinski definition) is 1. The predicted octanol–water partition coefficient (Wildman–Crippen LogP) is -0.520. The van der Waals surface area contributed by atoms with Crippen LogP contribution in [0.3, 0.4) is 0 Å². The molecule has 0 aliphatic carbocycles. The van der Waals surface area contributed by atoms with Gasteiger partial charge in [0.1, 0.15) is 25.2 Å². The molecule has 1 heterocycles. The van der Waals surface area contributed by atoms with Gasteiger partial charge in [-0.15, -0.1) is 5.10 Å². The monoisotopic (exact) mass is 170 g/mol. The molecule has 12 heavy (non-hydrogen) atoms. The topological polar surface area (TPSA) is 74.7 Å². The molecule has 0 radical (unpaired) electrons. The van der Waals surface area contributed by atoms with Gasteiger partial charge in [0.05, 0.1) is 6.54 Å². The normalized spacial score (nSPS) is 12.4. The van der Waals surface area contributed by atoms with Crippen LogP contribution in [0.1, 0.15) is 5.82 Å². The quantitative estimate of drug-likeness (QED) is 0.662. The van der Waals surface area contributed by atoms with Crippen LogP contribution in [0.2, 0.25) is 0 Å². The maximum absolute atomic E-state index is 11.8. The van der Waals surface area contributed by atoms with Crippen LogP contribution in [0.5, 0.6) is 0 Å². The zero-order valence-electron chi connectivity index (χ0n) is 6.18. The van der Waals surface area contributed by atoms with E-state index in [0.717, 1.165) is 0 Å². The van der Waals surface area contributed by atoms with Gasteiger partial charge in [0.2, 0.25) is 0 Å². The summed E-state index contributed by atoms with van der Waals surface area (Å²) in [5.41, 5.74) is 0. The molecule has 0 aromatic carbocycles. The summed E-state index contributed by atoms with van der Waals surface area (Å²) in [6.07, 6.45) is 0.190. The van der Waals surface area contributed by atoms with Crippen LogP contribution < -0.4 is 0 Å². The second-order valence-electron chi connectivity index (χ2n) is 2.21. The van der Waals surface area contributed by atoms with Crippen molar-refractivity contribution < 1.29 is 9.50 Å². The standard InChI is InChI=1S/C6H7FN4O/c7-1-5(12)3-11-4-9-6(2-8)10-11/h4-5,12H,1,3H2. The van der Waals surface area contributed by atoms with Crippen molar-refractivity contribution in [1.82, 2.24) is 14.8 Å². The van der Waals surface area contributed by atoms with Crippen LogP contribution in [0.25, 0.3) is 0 Å². The Bertz CT molecular complexity index is 292. The maximum Gasteiger partial charge on any atom is 0.252 e. The molecular weight excluding hydrogens is 163 g/mol. The summed E-state index contributed by atoms with van der Waals surface area (Å²) in [5.74, 6) is 0.0149. The Morgan fingerprint density at radius 3 is 3.08 bits per heavy atom. The second kappa shape index (κ2) is 3.78. The highest BCUT2D eigenvalue weighted by Crippen LogP contribution is 1.92. The maximum atomic E-state index is 11.8. The lowest BCUT2D eigenvalue weighted by atomic mass is 10.4. The highest BCUT2D eigenvalue weighted by molar-refractivity contribution is 5.05. The Balaban J connectivity index is 2.59. The molecule has 6 heteroatoms. The van der Waals surface area contributed by atoms with Gasteiger partial charge in [-0.3, -0.25) is 0 Å². The molecule has 0 amide bonds. The first kappa shape index (κ1) is 8.62. The summed E-state index contributed by atoms with van der Waals surface area (Å²) >= 11 is 0. The number of alkyl halides is 1. The first-order valence-corrected chi connectivity index (χ1v) is 3.30. The number of nitrogens with zero attached hydrogens (tertiary/aromatic N) is 4. The van der Waals surface area contributed by atoms with Gasteiger partial charge in [-0.05, 0) is 0 Å². The molecule has 1 aromatic heterocycles. The lowest BCUT2D eigenvalue weighted by molar-refractivity contribution is 0.118. The van der Waals surface area contributed by atoms with Crippen molar-refractivity contribution in [1.29, 1.82) is 5.26 Å². The van der Waals surface area contributed by atoms with Crippen molar-refractivity contribution in [2.75, 3.05) is 6.67 Å². The van der Waals surface area contributed by atoms with Gasteiger partial charge in [0.25, 0.3) is 5.82 Å². The van der Waals surface area contributed by atoms with Crippen LogP contribution >= 0.6 is 0 Å². The fourth-order valence-corrected chi connectivity index (χ4v) is 0.699. The molecule has 0 aliphatic heterocycles. The molecule has 0 saturated heterocycles. The summed E-state index contributed by atoms with van der Waals surface area (Å²) in [4.78, 5) is 3.58. The van der Waals surface area contributed by atoms with Crippen molar-refractivity contribution in [3.63, 3.8) is 0 Å². The average Bonchev–Trinajstić information content (AvgIpc) is 2.52. The molecule has 1 unspecified atom stereocenters. The Hall–Kier alpha value is -1.48. The van der Waals surface area contributed by atoms with E-state index in [4.69, 9.17) is 10.4 Å². The Morgan fingerprint density at radius 1 is 1.83 bits per heavy atom. The molecule has 1 aromatic rings. The summed E-state index contributed by atoms with van der Waals surface area (Å²) in [6, 6.07) is 1.72. The number of aromatic nitrogens is 3. The van der Waals surface area contributed by atoms with E-state index < -0.39 is 12.8 Å². The Morgan fingerprint density at radius 2 is 2.58 bits per heavy atom. The first-order chi connectivity index (χ1) is 5.76. The molecule has 1 N–H and O–H groups in total. The molecule has 1 atom stereocenters. The molecule has 0 saturated carbocycles. The Kier molecular flexibility index (Phi) is 2.71. The summed E-state index contributed by atoms with van der Waals surface area (Å²) in [7, 11) is 0. The van der Waals surface area contributed by atoms with Gasteiger partial charge in [0.15, 0.2) is 0 Å². The number of nitriles is 1. The SMILES string of the molecule is N#Cc1ncn(CC(O)CF)n1. The van der Waals surface area contributed by atoms with Crippen LogP contribution in [0.15, 0.2) is 6.33 Å². The fourth-order valence-electron chi connectivity index (χ4n) is 0.699. The van der Waals surface area contributed by atoms with E-state index in [2.05, 4.69) is 10.1 Å². The molecule has 0 spiro atoms. The lowest BCUT2D eigenvalue weighted by Gasteiger charge is -2.03. The largest absolute Gasteiger partial charge is 0.388 e. The van der Waals surface area contributed by atoms with E-state index in [-0.39, 0.29) is 12.4 Å². The third-order valence-corrected chi connectivity index (χ3v) is 1.21. The molecule has 1 rings (SSSR count). The van der Waals surface area contributed by atoms with Crippen molar-refractivity contribution >= 4 is 0 Å². The molecule has 64 valence electrons. The van der Waals surface area contributed by atoms with Crippen LogP contribution in [0.4, 0.5) is 4.39 Å². The van der Waals surface area contributed by atoms with Crippen LogP contribution in [-0.2, 0) is 6.54 Å². The van der Waals surface area contributed by atoms with Gasteiger partial charge in [-0.1, -0.05) is 0 Å². The van der Waals surface area contributed by atoms with E-state index >= 15 is 0 Å². The van der Waals surface area contributed by atoms with E-state index in [1.54, 1.807) is 6.07 Å². The fraction of sp³-hybridized carbons (Fsp3) is 0.500. The first-order valence-electron chi connectivity index (χ1n) is 3.30. The second-order valence-corrected chi connectivity index (χ2v) is 2.21. The molecule has 0 bridgehead atoms. The summed E-state index contributed by atoms with van der Waals surface area (Å²) < 4.78 is 13.0. The minimum absolute atomic E-state index is 0.0149. The highest BCUT2D eigenvalue weighted by Gasteiger charge is 2.05. The van der Waals surface area contributed by atoms with Crippen molar-refractivity contribution in [2.24, 2.45) is 0 Å². The lowest BCUT2D eigenvalue weighted by Crippen LogP contribution is -2.18. The summed E-state index contributed by atoms with van der Waals surface area (Å²) in [5, 5.41) is 20.8. The van der Waals surface area contributed by atoms with E-state index in [1.807, 2.05) is 0 Å². The number of rotatable bonds is 3. The van der Waals surface area contributed by atoms with Crippen molar-refractivity contribution in [2.45, 2.75) is 12.6 Å². The van der Waals surface area contributed by atoms with Gasteiger partial charge in [-0.25, -0.2) is 14.1 Å². The number of aliphatic hydroxyl groups is 1. The highest BCUT2D eigenvalue weighted by atomic mass is 19.1. The zero-order valence-corrected chi connectivity index (χ0v) is 6.18. The third-order valence-electron chi connectivity index (χ3n) is 1.21. The molecule has 0 aliphatic rings. The Labute approximate surface area is 68.1 Å². The third kappa shape index (κ3) is 2.00. The molecular formula is C6H7FN4O. The minimum atomic E-state index is -1.08. The number of aliphatic hydroxyl groups excluding tert-OH is 1. The zero-order chi connectivity index (χ0) is 8.97. The van der Waals surface area contributed by atoms with Gasteiger partial charge in [-0.2, -0.15) is 5.26 Å². The van der Waals surface area contributed by atoms with Crippen molar-refractivity contribution in [3.05, 3.63) is 12.2 Å². The average molecular weight is 170 g/mol. The van der Waals surface area contributed by atoms with E-state index in [1.165, 1.54) is 11.0 Å². The smallest absolute Gasteiger partial charge is 0.252 e. The summed E-state index contributed by atoms with van der Waals surface area (Å²) in [6.45, 7) is -0.813. The van der Waals surface area contributed by atoms with Crippen LogP contribution in [0, 0.1) is 11.3 Å². The number of halogens is 1. The van der Waals surface area contributed by atoms with Gasteiger partial charge < -0.3 is 5.11 Å². The van der Waals surface area contributed by atoms with Crippen LogP contribution in [-0.4, -0.2) is 32.6 Å². The van der Waals surface area contributed by atoms with Gasteiger partial charge in [0, 0.05) is 0 Å². The van der Waals surface area contributed by atoms with Crippen molar-refractivity contribution in [3.8, 4) is 6.07 Å². The predicted molar refractivity (Wildman–Crippen MR) is 36.7 cm³/mol. The molecule has 5 nitrogen and oxygen atoms in total. The number of hydrogen-bond acceptors (Lipinski definition) is 4. The minimum Gasteiger partial charge on any atom is -0.388 e.